The summed E-state index contributed by atoms with van der Waals surface area (Å²) in [6.45, 7) is 4.04. The Labute approximate surface area is 148 Å². The monoisotopic (exact) mass is 368 g/mol. The lowest BCUT2D eigenvalue weighted by atomic mass is 10.0. The first-order valence-corrected chi connectivity index (χ1v) is 8.23. The maximum absolute atomic E-state index is 12.7. The zero-order valence-corrected chi connectivity index (χ0v) is 14.3. The van der Waals surface area contributed by atoms with Crippen LogP contribution in [-0.4, -0.2) is 44.1 Å². The Morgan fingerprint density at radius 3 is 2.54 bits per heavy atom. The van der Waals surface area contributed by atoms with Gasteiger partial charge in [0.05, 0.1) is 17.4 Å². The molecule has 0 aliphatic carbocycles. The number of piperidine rings is 1. The summed E-state index contributed by atoms with van der Waals surface area (Å²) < 4.78 is 38.2. The summed E-state index contributed by atoms with van der Waals surface area (Å²) in [5, 5.41) is 28.0. The second kappa shape index (κ2) is 6.71. The van der Waals surface area contributed by atoms with E-state index in [1.165, 1.54) is 0 Å². The summed E-state index contributed by atoms with van der Waals surface area (Å²) in [5.74, 6) is -0.183. The molecule has 0 amide bonds. The normalized spacial score (nSPS) is 21.1. The van der Waals surface area contributed by atoms with Crippen LogP contribution in [0.4, 0.5) is 19.1 Å². The molecule has 1 aromatic heterocycles. The van der Waals surface area contributed by atoms with Crippen LogP contribution in [0.15, 0.2) is 18.2 Å². The molecule has 1 aliphatic rings. The van der Waals surface area contributed by atoms with Crippen LogP contribution < -0.4 is 4.90 Å². The number of phenolic OH excluding ortho intramolecular Hbond substituents is 1. The quantitative estimate of drug-likeness (QED) is 0.848. The highest BCUT2D eigenvalue weighted by Gasteiger charge is 2.32. The van der Waals surface area contributed by atoms with Gasteiger partial charge in [-0.15, -0.1) is 10.2 Å². The number of anilines is 1. The minimum absolute atomic E-state index is 0.133. The highest BCUT2D eigenvalue weighted by Crippen LogP contribution is 2.36. The molecule has 2 atom stereocenters. The van der Waals surface area contributed by atoms with Crippen molar-refractivity contribution < 1.29 is 23.4 Å². The number of rotatable bonds is 2. The van der Waals surface area contributed by atoms with Gasteiger partial charge in [0.15, 0.2) is 0 Å². The number of β-amino-alcohol motifs (C(OH)–C–C–N with tert-alkyl or cyclic N) is 1. The molecule has 1 aromatic carbocycles. The lowest BCUT2D eigenvalue weighted by molar-refractivity contribution is -0.137. The number of hydrogen-bond donors (Lipinski definition) is 2. The maximum atomic E-state index is 12.7. The van der Waals surface area contributed by atoms with E-state index in [1.54, 1.807) is 6.92 Å². The van der Waals surface area contributed by atoms with E-state index < -0.39 is 23.6 Å². The van der Waals surface area contributed by atoms with Crippen LogP contribution in [0, 0.1) is 6.92 Å². The zero-order valence-electron chi connectivity index (χ0n) is 14.3. The number of nitrogens with zero attached hydrogens (tertiary/aromatic N) is 4. The van der Waals surface area contributed by atoms with Crippen molar-refractivity contribution >= 4 is 5.95 Å². The Hall–Kier alpha value is -2.42. The largest absolute Gasteiger partial charge is 0.507 e. The SMILES string of the molecule is Cc1nc(N2C[C@@H](O)CC[C@H]2C)nnc1-c1ccc(C(F)(F)F)cc1O. The zero-order chi connectivity index (χ0) is 19.1. The molecular formula is C17H19F3N4O2. The van der Waals surface area contributed by atoms with E-state index in [9.17, 15) is 23.4 Å². The Balaban J connectivity index is 1.93. The number of aromatic hydroxyl groups is 1. The summed E-state index contributed by atoms with van der Waals surface area (Å²) in [6.07, 6.45) is -3.50. The van der Waals surface area contributed by atoms with E-state index in [0.29, 0.717) is 30.7 Å². The second-order valence-corrected chi connectivity index (χ2v) is 6.51. The van der Waals surface area contributed by atoms with E-state index in [-0.39, 0.29) is 17.3 Å². The van der Waals surface area contributed by atoms with Crippen LogP contribution in [-0.2, 0) is 6.18 Å². The predicted octanol–water partition coefficient (Wildman–Crippen LogP) is 2.92. The van der Waals surface area contributed by atoms with Gasteiger partial charge in [0.25, 0.3) is 0 Å². The Morgan fingerprint density at radius 1 is 1.19 bits per heavy atom. The van der Waals surface area contributed by atoms with Crippen LogP contribution in [0.2, 0.25) is 0 Å². The number of halogens is 3. The molecule has 0 radical (unpaired) electrons. The standard InChI is InChI=1S/C17H19F3N4O2/c1-9-3-5-12(25)8-24(9)16-21-10(2)15(22-23-16)13-6-4-11(7-14(13)26)17(18,19)20/h4,6-7,9,12,25-26H,3,5,8H2,1-2H3/t9-,12+/m1/s1. The number of aryl methyl sites for hydroxylation is 1. The smallest absolute Gasteiger partial charge is 0.416 e. The predicted molar refractivity (Wildman–Crippen MR) is 88.7 cm³/mol. The molecule has 26 heavy (non-hydrogen) atoms. The topological polar surface area (TPSA) is 82.4 Å². The van der Waals surface area contributed by atoms with E-state index in [4.69, 9.17) is 0 Å². The number of alkyl halides is 3. The molecule has 0 bridgehead atoms. The van der Waals surface area contributed by atoms with Crippen molar-refractivity contribution in [1.29, 1.82) is 0 Å². The van der Waals surface area contributed by atoms with Gasteiger partial charge in [0.2, 0.25) is 5.95 Å². The molecule has 1 fully saturated rings. The van der Waals surface area contributed by atoms with Crippen molar-refractivity contribution in [3.05, 3.63) is 29.5 Å². The first-order chi connectivity index (χ1) is 12.2. The fourth-order valence-corrected chi connectivity index (χ4v) is 3.04. The Bertz CT molecular complexity index is 813. The van der Waals surface area contributed by atoms with Crippen LogP contribution in [0.5, 0.6) is 5.75 Å². The number of benzene rings is 1. The summed E-state index contributed by atoms with van der Waals surface area (Å²) in [5.41, 5.74) is -0.165. The van der Waals surface area contributed by atoms with Crippen molar-refractivity contribution in [1.82, 2.24) is 15.2 Å². The van der Waals surface area contributed by atoms with Gasteiger partial charge in [-0.3, -0.25) is 0 Å². The average molecular weight is 368 g/mol. The summed E-state index contributed by atoms with van der Waals surface area (Å²) in [6, 6.07) is 2.84. The molecule has 2 heterocycles. The Kier molecular flexibility index (Phi) is 4.74. The molecule has 3 rings (SSSR count). The van der Waals surface area contributed by atoms with E-state index in [1.807, 2.05) is 11.8 Å². The summed E-state index contributed by atoms with van der Waals surface area (Å²) in [4.78, 5) is 6.23. The van der Waals surface area contributed by atoms with Crippen molar-refractivity contribution in [2.24, 2.45) is 0 Å². The summed E-state index contributed by atoms with van der Waals surface area (Å²) in [7, 11) is 0. The maximum Gasteiger partial charge on any atom is 0.416 e. The minimum atomic E-state index is -4.54. The van der Waals surface area contributed by atoms with Gasteiger partial charge in [0, 0.05) is 18.2 Å². The molecule has 1 saturated heterocycles. The van der Waals surface area contributed by atoms with Crippen LogP contribution in [0.25, 0.3) is 11.3 Å². The molecule has 9 heteroatoms. The van der Waals surface area contributed by atoms with Crippen molar-refractivity contribution in [2.45, 2.75) is 45.0 Å². The third-order valence-corrected chi connectivity index (χ3v) is 4.54. The van der Waals surface area contributed by atoms with Crippen molar-refractivity contribution in [3.63, 3.8) is 0 Å². The molecule has 0 saturated carbocycles. The molecule has 1 aliphatic heterocycles. The first-order valence-electron chi connectivity index (χ1n) is 8.23. The van der Waals surface area contributed by atoms with E-state index >= 15 is 0 Å². The molecule has 2 aromatic rings. The minimum Gasteiger partial charge on any atom is -0.507 e. The molecule has 6 nitrogen and oxygen atoms in total. The molecule has 0 spiro atoms. The lowest BCUT2D eigenvalue weighted by Gasteiger charge is -2.35. The number of aromatic nitrogens is 3. The molecule has 140 valence electrons. The molecule has 0 unspecified atom stereocenters. The van der Waals surface area contributed by atoms with Crippen molar-refractivity contribution in [3.8, 4) is 17.0 Å². The van der Waals surface area contributed by atoms with Crippen LogP contribution in [0.3, 0.4) is 0 Å². The van der Waals surface area contributed by atoms with Crippen molar-refractivity contribution in [2.75, 3.05) is 11.4 Å². The average Bonchev–Trinajstić information content (AvgIpc) is 2.56. The Morgan fingerprint density at radius 2 is 1.92 bits per heavy atom. The fourth-order valence-electron chi connectivity index (χ4n) is 3.04. The number of aliphatic hydroxyl groups is 1. The lowest BCUT2D eigenvalue weighted by Crippen LogP contribution is -2.45. The van der Waals surface area contributed by atoms with Gasteiger partial charge in [-0.1, -0.05) is 0 Å². The number of phenols is 1. The highest BCUT2D eigenvalue weighted by molar-refractivity contribution is 5.69. The fraction of sp³-hybridized carbons (Fsp3) is 0.471. The third-order valence-electron chi connectivity index (χ3n) is 4.54. The number of aliphatic hydroxyl groups excluding tert-OH is 1. The van der Waals surface area contributed by atoms with Gasteiger partial charge in [-0.05, 0) is 44.9 Å². The highest BCUT2D eigenvalue weighted by atomic mass is 19.4. The van der Waals surface area contributed by atoms with Gasteiger partial charge in [0.1, 0.15) is 11.4 Å². The van der Waals surface area contributed by atoms with Gasteiger partial charge in [-0.25, -0.2) is 4.98 Å². The molecule has 2 N–H and O–H groups in total. The van der Waals surface area contributed by atoms with E-state index in [0.717, 1.165) is 18.6 Å². The van der Waals surface area contributed by atoms with Crippen LogP contribution >= 0.6 is 0 Å². The van der Waals surface area contributed by atoms with Gasteiger partial charge >= 0.3 is 6.18 Å². The van der Waals surface area contributed by atoms with E-state index in [2.05, 4.69) is 15.2 Å². The summed E-state index contributed by atoms with van der Waals surface area (Å²) >= 11 is 0. The second-order valence-electron chi connectivity index (χ2n) is 6.51. The van der Waals surface area contributed by atoms with Gasteiger partial charge in [-0.2, -0.15) is 13.2 Å². The van der Waals surface area contributed by atoms with Crippen LogP contribution in [0.1, 0.15) is 31.0 Å². The molecular weight excluding hydrogens is 349 g/mol. The first kappa shape index (κ1) is 18.4. The number of hydrogen-bond acceptors (Lipinski definition) is 6. The van der Waals surface area contributed by atoms with Gasteiger partial charge < -0.3 is 15.1 Å². The third kappa shape index (κ3) is 3.57.